The van der Waals surface area contributed by atoms with E-state index in [0.29, 0.717) is 23.6 Å². The average Bonchev–Trinajstić information content (AvgIpc) is 2.91. The Hall–Kier alpha value is -0.350. The van der Waals surface area contributed by atoms with Crippen molar-refractivity contribution in [1.82, 2.24) is 0 Å². The van der Waals surface area contributed by atoms with Crippen molar-refractivity contribution < 1.29 is 9.50 Å². The Kier molecular flexibility index (Phi) is 3.15. The second-order valence-electron chi connectivity index (χ2n) is 4.90. The molecule has 0 bridgehead atoms. The lowest BCUT2D eigenvalue weighted by Gasteiger charge is -2.21. The van der Waals surface area contributed by atoms with Gasteiger partial charge in [-0.25, -0.2) is 4.39 Å². The van der Waals surface area contributed by atoms with Crippen LogP contribution in [0.4, 0.5) is 4.39 Å². The molecule has 5 heteroatoms. The number of hydrogen-bond acceptors (Lipinski definition) is 2. The maximum atomic E-state index is 13.5. The normalized spacial score (nSPS) is 31.6. The zero-order valence-corrected chi connectivity index (χ0v) is 10.9. The van der Waals surface area contributed by atoms with Crippen molar-refractivity contribution in [3.63, 3.8) is 0 Å². The quantitative estimate of drug-likeness (QED) is 0.835. The van der Waals surface area contributed by atoms with Crippen molar-refractivity contribution in [2.24, 2.45) is 11.1 Å². The molecule has 1 aliphatic rings. The lowest BCUT2D eigenvalue weighted by atomic mass is 9.88. The molecule has 0 saturated heterocycles. The van der Waals surface area contributed by atoms with Crippen molar-refractivity contribution in [3.8, 4) is 0 Å². The van der Waals surface area contributed by atoms with Crippen molar-refractivity contribution in [2.45, 2.75) is 18.8 Å². The van der Waals surface area contributed by atoms with E-state index in [0.717, 1.165) is 0 Å². The van der Waals surface area contributed by atoms with E-state index in [9.17, 15) is 9.50 Å². The highest BCUT2D eigenvalue weighted by Gasteiger charge is 2.64. The highest BCUT2D eigenvalue weighted by molar-refractivity contribution is 6.35. The molecule has 1 saturated carbocycles. The largest absolute Gasteiger partial charge is 0.396 e. The molecule has 1 aliphatic carbocycles. The third-order valence-electron chi connectivity index (χ3n) is 4.04. The van der Waals surface area contributed by atoms with Gasteiger partial charge in [-0.05, 0) is 24.1 Å². The Morgan fingerprint density at radius 3 is 2.53 bits per heavy atom. The fraction of sp³-hybridized carbons (Fsp3) is 0.500. The summed E-state index contributed by atoms with van der Waals surface area (Å²) in [7, 11) is 0. The number of nitrogens with two attached hydrogens (primary N) is 1. The van der Waals surface area contributed by atoms with Crippen LogP contribution in [-0.2, 0) is 5.41 Å². The molecular formula is C12H14Cl2FNO. The van der Waals surface area contributed by atoms with Crippen LogP contribution in [0.15, 0.2) is 12.1 Å². The van der Waals surface area contributed by atoms with Gasteiger partial charge in [0.2, 0.25) is 0 Å². The van der Waals surface area contributed by atoms with Crippen LogP contribution < -0.4 is 5.73 Å². The van der Waals surface area contributed by atoms with E-state index < -0.39 is 11.2 Å². The summed E-state index contributed by atoms with van der Waals surface area (Å²) in [6, 6.07) is 2.74. The van der Waals surface area contributed by atoms with Crippen molar-refractivity contribution in [3.05, 3.63) is 33.6 Å². The summed E-state index contributed by atoms with van der Waals surface area (Å²) in [5.74, 6) is -0.497. The summed E-state index contributed by atoms with van der Waals surface area (Å²) in [5.41, 5.74) is 5.59. The minimum Gasteiger partial charge on any atom is -0.396 e. The summed E-state index contributed by atoms with van der Waals surface area (Å²) in [4.78, 5) is 0. The molecule has 0 amide bonds. The first-order valence-electron chi connectivity index (χ1n) is 5.36. The molecule has 2 nitrogen and oxygen atoms in total. The third kappa shape index (κ3) is 1.76. The molecule has 2 unspecified atom stereocenters. The molecule has 0 radical (unpaired) electrons. The van der Waals surface area contributed by atoms with Gasteiger partial charge in [0.15, 0.2) is 0 Å². The summed E-state index contributed by atoms with van der Waals surface area (Å²) in [6.07, 6.45) is 0.702. The van der Waals surface area contributed by atoms with Gasteiger partial charge in [0.1, 0.15) is 5.82 Å². The SMILES string of the molecule is CC1(c2cc(F)c(Cl)cc2Cl)CC1(CN)CO. The minimum atomic E-state index is -0.497. The van der Waals surface area contributed by atoms with E-state index in [1.54, 1.807) is 0 Å². The van der Waals surface area contributed by atoms with Crippen molar-refractivity contribution in [2.75, 3.05) is 13.2 Å². The van der Waals surface area contributed by atoms with Gasteiger partial charge in [-0.2, -0.15) is 0 Å². The van der Waals surface area contributed by atoms with E-state index in [2.05, 4.69) is 0 Å². The number of hydrogen-bond donors (Lipinski definition) is 2. The molecule has 0 aromatic heterocycles. The average molecular weight is 278 g/mol. The van der Waals surface area contributed by atoms with Crippen molar-refractivity contribution in [1.29, 1.82) is 0 Å². The zero-order valence-electron chi connectivity index (χ0n) is 9.43. The van der Waals surface area contributed by atoms with E-state index in [-0.39, 0.29) is 17.0 Å². The van der Waals surface area contributed by atoms with Gasteiger partial charge in [0.05, 0.1) is 11.6 Å². The standard InChI is InChI=1S/C12H14Cl2FNO/c1-11(4-12(11,5-16)6-17)7-2-10(15)9(14)3-8(7)13/h2-3,17H,4-6,16H2,1H3. The Bertz CT molecular complexity index is 462. The van der Waals surface area contributed by atoms with Gasteiger partial charge in [-0.1, -0.05) is 30.1 Å². The minimum absolute atomic E-state index is 0.00495. The van der Waals surface area contributed by atoms with Gasteiger partial charge in [-0.3, -0.25) is 0 Å². The Morgan fingerprint density at radius 2 is 2.06 bits per heavy atom. The maximum Gasteiger partial charge on any atom is 0.142 e. The van der Waals surface area contributed by atoms with Gasteiger partial charge in [0, 0.05) is 22.4 Å². The maximum absolute atomic E-state index is 13.5. The predicted molar refractivity (Wildman–Crippen MR) is 67.0 cm³/mol. The molecule has 94 valence electrons. The van der Waals surface area contributed by atoms with Gasteiger partial charge >= 0.3 is 0 Å². The molecule has 0 heterocycles. The second kappa shape index (κ2) is 4.09. The Balaban J connectivity index is 2.47. The molecule has 0 spiro atoms. The summed E-state index contributed by atoms with van der Waals surface area (Å²) < 4.78 is 13.5. The van der Waals surface area contributed by atoms with Crippen LogP contribution in [0.25, 0.3) is 0 Å². The lowest BCUT2D eigenvalue weighted by molar-refractivity contribution is 0.198. The lowest BCUT2D eigenvalue weighted by Crippen LogP contribution is -2.28. The molecule has 1 aromatic rings. The van der Waals surface area contributed by atoms with E-state index in [1.807, 2.05) is 6.92 Å². The summed E-state index contributed by atoms with van der Waals surface area (Å²) >= 11 is 11.8. The Labute approximate surface area is 110 Å². The molecule has 2 rings (SSSR count). The molecular weight excluding hydrogens is 264 g/mol. The monoisotopic (exact) mass is 277 g/mol. The smallest absolute Gasteiger partial charge is 0.142 e. The zero-order chi connectivity index (χ0) is 12.8. The molecule has 1 aromatic carbocycles. The predicted octanol–water partition coefficient (Wildman–Crippen LogP) is 2.73. The van der Waals surface area contributed by atoms with Gasteiger partial charge < -0.3 is 10.8 Å². The summed E-state index contributed by atoms with van der Waals surface area (Å²) in [5, 5.41) is 9.85. The fourth-order valence-electron chi connectivity index (χ4n) is 2.55. The number of benzene rings is 1. The van der Waals surface area contributed by atoms with E-state index in [1.165, 1.54) is 12.1 Å². The number of halogens is 3. The summed E-state index contributed by atoms with van der Waals surface area (Å²) in [6.45, 7) is 2.26. The first-order chi connectivity index (χ1) is 7.90. The highest BCUT2D eigenvalue weighted by Crippen LogP contribution is 2.64. The molecule has 1 fully saturated rings. The molecule has 17 heavy (non-hydrogen) atoms. The number of aliphatic hydroxyl groups is 1. The van der Waals surface area contributed by atoms with Crippen LogP contribution in [0, 0.1) is 11.2 Å². The van der Waals surface area contributed by atoms with Crippen molar-refractivity contribution >= 4 is 23.2 Å². The van der Waals surface area contributed by atoms with Gasteiger partial charge in [-0.15, -0.1) is 0 Å². The van der Waals surface area contributed by atoms with Gasteiger partial charge in [0.25, 0.3) is 0 Å². The fourth-order valence-corrected chi connectivity index (χ4v) is 3.14. The number of rotatable bonds is 3. The van der Waals surface area contributed by atoms with E-state index in [4.69, 9.17) is 28.9 Å². The topological polar surface area (TPSA) is 46.2 Å². The van der Waals surface area contributed by atoms with Crippen LogP contribution in [0.5, 0.6) is 0 Å². The van der Waals surface area contributed by atoms with Crippen LogP contribution in [0.3, 0.4) is 0 Å². The number of aliphatic hydroxyl groups excluding tert-OH is 1. The molecule has 0 aliphatic heterocycles. The van der Waals surface area contributed by atoms with Crippen LogP contribution in [-0.4, -0.2) is 18.3 Å². The molecule has 3 N–H and O–H groups in total. The third-order valence-corrected chi connectivity index (χ3v) is 4.64. The molecule has 2 atom stereocenters. The van der Waals surface area contributed by atoms with Crippen LogP contribution >= 0.6 is 23.2 Å². The first kappa shape index (κ1) is 13.1. The first-order valence-corrected chi connectivity index (χ1v) is 6.12. The second-order valence-corrected chi connectivity index (χ2v) is 5.71. The van der Waals surface area contributed by atoms with Crippen LogP contribution in [0.2, 0.25) is 10.0 Å². The van der Waals surface area contributed by atoms with E-state index >= 15 is 0 Å². The Morgan fingerprint density at radius 1 is 1.41 bits per heavy atom. The van der Waals surface area contributed by atoms with Crippen LogP contribution in [0.1, 0.15) is 18.9 Å². The highest BCUT2D eigenvalue weighted by atomic mass is 35.5.